The second-order valence-electron chi connectivity index (χ2n) is 6.36. The van der Waals surface area contributed by atoms with E-state index in [4.69, 9.17) is 0 Å². The van der Waals surface area contributed by atoms with Crippen LogP contribution in [0.25, 0.3) is 0 Å². The van der Waals surface area contributed by atoms with Crippen molar-refractivity contribution in [3.8, 4) is 0 Å². The maximum atomic E-state index is 3.81. The molecule has 1 fully saturated rings. The molecule has 0 bridgehead atoms. The SMILES string of the molecule is CCCNC(CSc1cccc(Br)c1)C1CCCC(C)C1. The van der Waals surface area contributed by atoms with Gasteiger partial charge in [-0.25, -0.2) is 0 Å². The number of hydrogen-bond acceptors (Lipinski definition) is 2. The first-order chi connectivity index (χ1) is 10.2. The van der Waals surface area contributed by atoms with Crippen molar-refractivity contribution in [2.24, 2.45) is 11.8 Å². The van der Waals surface area contributed by atoms with E-state index in [0.717, 1.165) is 18.4 Å². The van der Waals surface area contributed by atoms with Crippen LogP contribution < -0.4 is 5.32 Å². The van der Waals surface area contributed by atoms with Crippen molar-refractivity contribution < 1.29 is 0 Å². The molecule has 0 heterocycles. The Bertz CT molecular complexity index is 423. The summed E-state index contributed by atoms with van der Waals surface area (Å²) in [5, 5.41) is 3.81. The molecule has 118 valence electrons. The van der Waals surface area contributed by atoms with Crippen molar-refractivity contribution in [3.63, 3.8) is 0 Å². The van der Waals surface area contributed by atoms with E-state index in [1.807, 2.05) is 11.8 Å². The molecule has 1 N–H and O–H groups in total. The van der Waals surface area contributed by atoms with E-state index in [9.17, 15) is 0 Å². The smallest absolute Gasteiger partial charge is 0.0190 e. The van der Waals surface area contributed by atoms with Gasteiger partial charge < -0.3 is 5.32 Å². The third-order valence-electron chi connectivity index (χ3n) is 4.43. The predicted octanol–water partition coefficient (Wildman–Crippen LogP) is 5.74. The summed E-state index contributed by atoms with van der Waals surface area (Å²) in [7, 11) is 0. The largest absolute Gasteiger partial charge is 0.313 e. The third kappa shape index (κ3) is 5.96. The van der Waals surface area contributed by atoms with E-state index in [1.54, 1.807) is 0 Å². The maximum Gasteiger partial charge on any atom is 0.0190 e. The molecule has 0 spiro atoms. The Morgan fingerprint density at radius 2 is 2.24 bits per heavy atom. The van der Waals surface area contributed by atoms with Gasteiger partial charge in [-0.3, -0.25) is 0 Å². The maximum absolute atomic E-state index is 3.81. The lowest BCUT2D eigenvalue weighted by Crippen LogP contribution is -2.40. The van der Waals surface area contributed by atoms with Crippen molar-refractivity contribution >= 4 is 27.7 Å². The van der Waals surface area contributed by atoms with Crippen molar-refractivity contribution in [1.82, 2.24) is 5.32 Å². The Labute approximate surface area is 142 Å². The summed E-state index contributed by atoms with van der Waals surface area (Å²) in [5.41, 5.74) is 0. The first kappa shape index (κ1) is 17.4. The highest BCUT2D eigenvalue weighted by Crippen LogP contribution is 2.33. The highest BCUT2D eigenvalue weighted by Gasteiger charge is 2.26. The Hall–Kier alpha value is 0.01000. The Kier molecular flexibility index (Phi) is 7.62. The molecule has 1 aromatic carbocycles. The molecule has 21 heavy (non-hydrogen) atoms. The van der Waals surface area contributed by atoms with Gasteiger partial charge >= 0.3 is 0 Å². The molecule has 0 aliphatic heterocycles. The number of benzene rings is 1. The van der Waals surface area contributed by atoms with E-state index in [2.05, 4.69) is 59.4 Å². The summed E-state index contributed by atoms with van der Waals surface area (Å²) in [5.74, 6) is 2.96. The van der Waals surface area contributed by atoms with Crippen LogP contribution in [0, 0.1) is 11.8 Å². The van der Waals surface area contributed by atoms with Gasteiger partial charge in [-0.15, -0.1) is 11.8 Å². The predicted molar refractivity (Wildman–Crippen MR) is 98.1 cm³/mol. The summed E-state index contributed by atoms with van der Waals surface area (Å²) >= 11 is 5.56. The minimum Gasteiger partial charge on any atom is -0.313 e. The number of nitrogens with one attached hydrogen (secondary N) is 1. The number of halogens is 1. The highest BCUT2D eigenvalue weighted by molar-refractivity contribution is 9.10. The van der Waals surface area contributed by atoms with Crippen LogP contribution in [-0.2, 0) is 0 Å². The fraction of sp³-hybridized carbons (Fsp3) is 0.667. The number of rotatable bonds is 7. The summed E-state index contributed by atoms with van der Waals surface area (Å²) in [4.78, 5) is 1.37. The molecule has 3 heteroatoms. The molecule has 1 aromatic rings. The van der Waals surface area contributed by atoms with Gasteiger partial charge in [0.2, 0.25) is 0 Å². The quantitative estimate of drug-likeness (QED) is 0.615. The van der Waals surface area contributed by atoms with Gasteiger partial charge in [0, 0.05) is 21.2 Å². The molecule has 3 unspecified atom stereocenters. The van der Waals surface area contributed by atoms with Gasteiger partial charge in [0.05, 0.1) is 0 Å². The van der Waals surface area contributed by atoms with Crippen LogP contribution >= 0.6 is 27.7 Å². The zero-order valence-electron chi connectivity index (χ0n) is 13.3. The average molecular weight is 370 g/mol. The zero-order valence-corrected chi connectivity index (χ0v) is 15.7. The Balaban J connectivity index is 1.92. The van der Waals surface area contributed by atoms with E-state index in [0.29, 0.717) is 6.04 Å². The van der Waals surface area contributed by atoms with Crippen LogP contribution in [0.5, 0.6) is 0 Å². The fourth-order valence-electron chi connectivity index (χ4n) is 3.28. The van der Waals surface area contributed by atoms with Crippen LogP contribution in [0.4, 0.5) is 0 Å². The van der Waals surface area contributed by atoms with Crippen LogP contribution in [0.15, 0.2) is 33.6 Å². The van der Waals surface area contributed by atoms with Gasteiger partial charge in [-0.1, -0.05) is 48.7 Å². The third-order valence-corrected chi connectivity index (χ3v) is 6.03. The first-order valence-electron chi connectivity index (χ1n) is 8.30. The molecule has 0 amide bonds. The molecule has 0 radical (unpaired) electrons. The number of thioether (sulfide) groups is 1. The summed E-state index contributed by atoms with van der Waals surface area (Å²) in [6, 6.07) is 9.33. The normalized spacial score (nSPS) is 24.0. The van der Waals surface area contributed by atoms with Gasteiger partial charge in [-0.2, -0.15) is 0 Å². The lowest BCUT2D eigenvalue weighted by atomic mass is 9.79. The Morgan fingerprint density at radius 3 is 2.95 bits per heavy atom. The molecular weight excluding hydrogens is 342 g/mol. The summed E-state index contributed by atoms with van der Waals surface area (Å²) < 4.78 is 1.18. The summed E-state index contributed by atoms with van der Waals surface area (Å²) in [6.45, 7) is 5.83. The lowest BCUT2D eigenvalue weighted by Gasteiger charge is -2.34. The number of hydrogen-bond donors (Lipinski definition) is 1. The molecule has 2 rings (SSSR count). The molecule has 1 aliphatic rings. The van der Waals surface area contributed by atoms with E-state index >= 15 is 0 Å². The van der Waals surface area contributed by atoms with Crippen LogP contribution in [0.2, 0.25) is 0 Å². The second-order valence-corrected chi connectivity index (χ2v) is 8.37. The fourth-order valence-corrected chi connectivity index (χ4v) is 4.98. The topological polar surface area (TPSA) is 12.0 Å². The van der Waals surface area contributed by atoms with E-state index < -0.39 is 0 Å². The van der Waals surface area contributed by atoms with Crippen LogP contribution in [-0.4, -0.2) is 18.3 Å². The van der Waals surface area contributed by atoms with Crippen molar-refractivity contribution in [1.29, 1.82) is 0 Å². The monoisotopic (exact) mass is 369 g/mol. The minimum absolute atomic E-state index is 0.664. The van der Waals surface area contributed by atoms with Gasteiger partial charge in [-0.05, 0) is 55.8 Å². The van der Waals surface area contributed by atoms with Gasteiger partial charge in [0.15, 0.2) is 0 Å². The molecule has 1 saturated carbocycles. The molecule has 1 nitrogen and oxygen atoms in total. The van der Waals surface area contributed by atoms with Gasteiger partial charge in [0.25, 0.3) is 0 Å². The molecule has 0 aromatic heterocycles. The molecule has 0 saturated heterocycles. The Morgan fingerprint density at radius 1 is 1.38 bits per heavy atom. The summed E-state index contributed by atoms with van der Waals surface area (Å²) in [6.07, 6.45) is 6.87. The zero-order chi connectivity index (χ0) is 15.1. The second kappa shape index (κ2) is 9.22. The van der Waals surface area contributed by atoms with E-state index in [-0.39, 0.29) is 0 Å². The highest BCUT2D eigenvalue weighted by atomic mass is 79.9. The first-order valence-corrected chi connectivity index (χ1v) is 10.1. The lowest BCUT2D eigenvalue weighted by molar-refractivity contribution is 0.234. The van der Waals surface area contributed by atoms with Crippen LogP contribution in [0.3, 0.4) is 0 Å². The molecule has 3 atom stereocenters. The van der Waals surface area contributed by atoms with Crippen molar-refractivity contribution in [2.75, 3.05) is 12.3 Å². The van der Waals surface area contributed by atoms with Gasteiger partial charge in [0.1, 0.15) is 0 Å². The van der Waals surface area contributed by atoms with E-state index in [1.165, 1.54) is 47.2 Å². The average Bonchev–Trinajstić information content (AvgIpc) is 2.47. The molecule has 1 aliphatic carbocycles. The van der Waals surface area contributed by atoms with Crippen molar-refractivity contribution in [2.45, 2.75) is 56.9 Å². The molecular formula is C18H28BrNS. The standard InChI is InChI=1S/C18H28BrNS/c1-3-10-20-18(15-7-4-6-14(2)11-15)13-21-17-9-5-8-16(19)12-17/h5,8-9,12,14-15,18,20H,3-4,6-7,10-11,13H2,1-2H3. The minimum atomic E-state index is 0.664. The van der Waals surface area contributed by atoms with Crippen LogP contribution in [0.1, 0.15) is 46.0 Å². The van der Waals surface area contributed by atoms with Crippen molar-refractivity contribution in [3.05, 3.63) is 28.7 Å².